The highest BCUT2D eigenvalue weighted by molar-refractivity contribution is 5.82. The molecule has 0 unspecified atom stereocenters. The maximum atomic E-state index is 11.8. The highest BCUT2D eigenvalue weighted by Gasteiger charge is 2.48. The SMILES string of the molecule is CC(C)(C)OC(=O)/C=C/[C@H]1OC(C)(C)O[C@@H]1[C@H]1COC(C)(C)O1. The Kier molecular flexibility index (Phi) is 4.93. The van der Waals surface area contributed by atoms with Gasteiger partial charge in [0.1, 0.15) is 23.9 Å². The van der Waals surface area contributed by atoms with Crippen LogP contribution in [0.2, 0.25) is 0 Å². The molecule has 0 radical (unpaired) electrons. The van der Waals surface area contributed by atoms with Crippen molar-refractivity contribution in [2.45, 2.75) is 84.0 Å². The fourth-order valence-electron chi connectivity index (χ4n) is 2.64. The summed E-state index contributed by atoms with van der Waals surface area (Å²) in [6.07, 6.45) is 2.06. The number of hydrogen-bond acceptors (Lipinski definition) is 6. The van der Waals surface area contributed by atoms with E-state index in [1.54, 1.807) is 6.08 Å². The predicted molar refractivity (Wildman–Crippen MR) is 83.7 cm³/mol. The average Bonchev–Trinajstić information content (AvgIpc) is 2.84. The van der Waals surface area contributed by atoms with Gasteiger partial charge in [-0.2, -0.15) is 0 Å². The van der Waals surface area contributed by atoms with Crippen LogP contribution in [0.25, 0.3) is 0 Å². The molecular weight excluding hydrogens is 300 g/mol. The molecule has 2 heterocycles. The number of ether oxygens (including phenoxy) is 5. The van der Waals surface area contributed by atoms with Crippen molar-refractivity contribution in [2.75, 3.05) is 6.61 Å². The molecule has 0 aromatic carbocycles. The zero-order valence-corrected chi connectivity index (χ0v) is 15.0. The smallest absolute Gasteiger partial charge is 0.331 e. The molecule has 132 valence electrons. The van der Waals surface area contributed by atoms with E-state index in [4.69, 9.17) is 23.7 Å². The minimum atomic E-state index is -0.746. The van der Waals surface area contributed by atoms with E-state index in [2.05, 4.69) is 0 Å². The lowest BCUT2D eigenvalue weighted by Gasteiger charge is -2.23. The van der Waals surface area contributed by atoms with Gasteiger partial charge in [-0.1, -0.05) is 0 Å². The zero-order valence-electron chi connectivity index (χ0n) is 15.0. The fourth-order valence-corrected chi connectivity index (χ4v) is 2.64. The zero-order chi connectivity index (χ0) is 17.5. The monoisotopic (exact) mass is 328 g/mol. The summed E-state index contributed by atoms with van der Waals surface area (Å²) in [5, 5.41) is 0. The van der Waals surface area contributed by atoms with Crippen LogP contribution in [-0.4, -0.2) is 48.1 Å². The molecule has 2 rings (SSSR count). The van der Waals surface area contributed by atoms with E-state index in [1.807, 2.05) is 48.5 Å². The topological polar surface area (TPSA) is 63.2 Å². The Balaban J connectivity index is 2.05. The van der Waals surface area contributed by atoms with Crippen molar-refractivity contribution in [1.29, 1.82) is 0 Å². The van der Waals surface area contributed by atoms with E-state index >= 15 is 0 Å². The van der Waals surface area contributed by atoms with E-state index in [0.29, 0.717) is 6.61 Å². The summed E-state index contributed by atoms with van der Waals surface area (Å²) in [6.45, 7) is 13.3. The molecule has 23 heavy (non-hydrogen) atoms. The molecular formula is C17H28O6. The standard InChI is InChI=1S/C17H28O6/c1-15(2,3)22-13(18)9-8-11-14(23-17(6,7)20-11)12-10-19-16(4,5)21-12/h8-9,11-12,14H,10H2,1-7H3/b9-8+/t11-,12-,14+/m1/s1. The molecule has 2 aliphatic heterocycles. The Bertz CT molecular complexity index is 474. The highest BCUT2D eigenvalue weighted by Crippen LogP contribution is 2.36. The van der Waals surface area contributed by atoms with E-state index in [0.717, 1.165) is 0 Å². The molecule has 0 saturated carbocycles. The molecule has 2 saturated heterocycles. The fraction of sp³-hybridized carbons (Fsp3) is 0.824. The first-order valence-electron chi connectivity index (χ1n) is 7.95. The van der Waals surface area contributed by atoms with Gasteiger partial charge in [0, 0.05) is 6.08 Å². The van der Waals surface area contributed by atoms with Gasteiger partial charge in [0.2, 0.25) is 0 Å². The number of carbonyl (C=O) groups excluding carboxylic acids is 1. The summed E-state index contributed by atoms with van der Waals surface area (Å²) in [6, 6.07) is 0. The van der Waals surface area contributed by atoms with E-state index < -0.39 is 29.2 Å². The normalized spacial score (nSPS) is 33.3. The van der Waals surface area contributed by atoms with Crippen molar-refractivity contribution in [3.05, 3.63) is 12.2 Å². The molecule has 0 aromatic rings. The summed E-state index contributed by atoms with van der Waals surface area (Å²) in [5.74, 6) is -1.79. The summed E-state index contributed by atoms with van der Waals surface area (Å²) >= 11 is 0. The molecule has 0 amide bonds. The Morgan fingerprint density at radius 3 is 2.26 bits per heavy atom. The molecule has 0 spiro atoms. The van der Waals surface area contributed by atoms with Gasteiger partial charge in [0.05, 0.1) is 6.61 Å². The van der Waals surface area contributed by atoms with Crippen LogP contribution in [0.5, 0.6) is 0 Å². The van der Waals surface area contributed by atoms with Crippen molar-refractivity contribution in [1.82, 2.24) is 0 Å². The van der Waals surface area contributed by atoms with Gasteiger partial charge >= 0.3 is 5.97 Å². The first kappa shape index (κ1) is 18.4. The predicted octanol–water partition coefficient (Wildman–Crippen LogP) is 2.56. The second-order valence-corrected chi connectivity index (χ2v) is 7.82. The molecule has 0 aliphatic carbocycles. The Labute approximate surface area is 138 Å². The van der Waals surface area contributed by atoms with Crippen LogP contribution in [0.15, 0.2) is 12.2 Å². The van der Waals surface area contributed by atoms with Crippen molar-refractivity contribution in [2.24, 2.45) is 0 Å². The van der Waals surface area contributed by atoms with E-state index in [-0.39, 0.29) is 12.2 Å². The summed E-state index contributed by atoms with van der Waals surface area (Å²) in [5.41, 5.74) is -0.528. The van der Waals surface area contributed by atoms with Crippen molar-refractivity contribution >= 4 is 5.97 Å². The van der Waals surface area contributed by atoms with Crippen LogP contribution in [0.4, 0.5) is 0 Å². The quantitative estimate of drug-likeness (QED) is 0.586. The first-order valence-corrected chi connectivity index (χ1v) is 7.95. The number of hydrogen-bond donors (Lipinski definition) is 0. The maximum absolute atomic E-state index is 11.8. The van der Waals surface area contributed by atoms with E-state index in [9.17, 15) is 4.79 Å². The lowest BCUT2D eigenvalue weighted by atomic mass is 10.1. The molecule has 2 fully saturated rings. The van der Waals surface area contributed by atoms with Crippen LogP contribution in [0.3, 0.4) is 0 Å². The lowest BCUT2D eigenvalue weighted by Crippen LogP contribution is -2.37. The lowest BCUT2D eigenvalue weighted by molar-refractivity contribution is -0.174. The molecule has 6 heteroatoms. The summed E-state index contributed by atoms with van der Waals surface area (Å²) < 4.78 is 28.5. The summed E-state index contributed by atoms with van der Waals surface area (Å²) in [4.78, 5) is 11.8. The molecule has 0 N–H and O–H groups in total. The summed E-state index contributed by atoms with van der Waals surface area (Å²) in [7, 11) is 0. The van der Waals surface area contributed by atoms with Gasteiger partial charge in [0.15, 0.2) is 11.6 Å². The first-order chi connectivity index (χ1) is 10.4. The highest BCUT2D eigenvalue weighted by atomic mass is 16.8. The number of esters is 1. The van der Waals surface area contributed by atoms with E-state index in [1.165, 1.54) is 6.08 Å². The minimum absolute atomic E-state index is 0.250. The van der Waals surface area contributed by atoms with Crippen LogP contribution >= 0.6 is 0 Å². The number of rotatable bonds is 3. The van der Waals surface area contributed by atoms with Crippen molar-refractivity contribution in [3.8, 4) is 0 Å². The number of carbonyl (C=O) groups is 1. The van der Waals surface area contributed by atoms with Crippen molar-refractivity contribution in [3.63, 3.8) is 0 Å². The van der Waals surface area contributed by atoms with Gasteiger partial charge in [-0.3, -0.25) is 0 Å². The Hall–Kier alpha value is -0.950. The third kappa shape index (κ3) is 5.28. The average molecular weight is 328 g/mol. The van der Waals surface area contributed by atoms with Crippen LogP contribution in [0.1, 0.15) is 48.5 Å². The van der Waals surface area contributed by atoms with Gasteiger partial charge < -0.3 is 23.7 Å². The van der Waals surface area contributed by atoms with Gasteiger partial charge in [-0.15, -0.1) is 0 Å². The van der Waals surface area contributed by atoms with Crippen LogP contribution < -0.4 is 0 Å². The molecule has 0 aromatic heterocycles. The molecule has 6 nitrogen and oxygen atoms in total. The largest absolute Gasteiger partial charge is 0.457 e. The van der Waals surface area contributed by atoms with Gasteiger partial charge in [-0.05, 0) is 54.5 Å². The Morgan fingerprint density at radius 1 is 1.09 bits per heavy atom. The molecule has 0 bridgehead atoms. The van der Waals surface area contributed by atoms with Gasteiger partial charge in [-0.25, -0.2) is 4.79 Å². The van der Waals surface area contributed by atoms with Crippen LogP contribution in [0, 0.1) is 0 Å². The molecule has 3 atom stereocenters. The van der Waals surface area contributed by atoms with Crippen LogP contribution in [-0.2, 0) is 28.5 Å². The van der Waals surface area contributed by atoms with Gasteiger partial charge in [0.25, 0.3) is 0 Å². The van der Waals surface area contributed by atoms with Crippen molar-refractivity contribution < 1.29 is 28.5 Å². The maximum Gasteiger partial charge on any atom is 0.331 e. The Morgan fingerprint density at radius 2 is 1.74 bits per heavy atom. The second kappa shape index (κ2) is 6.16. The third-order valence-electron chi connectivity index (χ3n) is 3.39. The molecule has 2 aliphatic rings. The third-order valence-corrected chi connectivity index (χ3v) is 3.39. The minimum Gasteiger partial charge on any atom is -0.457 e. The second-order valence-electron chi connectivity index (χ2n) is 7.82.